The van der Waals surface area contributed by atoms with Gasteiger partial charge in [-0.05, 0) is 42.8 Å². The molecule has 1 aliphatic rings. The van der Waals surface area contributed by atoms with Crippen LogP contribution in [-0.2, 0) is 16.1 Å². The fourth-order valence-electron chi connectivity index (χ4n) is 4.14. The SMILES string of the molecule is COCCCN1C(=O)/C(=C/c2cn(-c3ccccc3)nc2-c2cccc(OCc3ccccc3F)c2)SC1=S. The van der Waals surface area contributed by atoms with Gasteiger partial charge in [-0.3, -0.25) is 9.69 Å². The van der Waals surface area contributed by atoms with Crippen molar-refractivity contribution in [2.24, 2.45) is 0 Å². The maximum Gasteiger partial charge on any atom is 0.266 e. The van der Waals surface area contributed by atoms with Gasteiger partial charge in [0.1, 0.15) is 28.2 Å². The van der Waals surface area contributed by atoms with Crippen LogP contribution in [0.25, 0.3) is 23.0 Å². The number of methoxy groups -OCH3 is 1. The molecule has 9 heteroatoms. The number of rotatable bonds is 10. The fourth-order valence-corrected chi connectivity index (χ4v) is 5.44. The van der Waals surface area contributed by atoms with Crippen LogP contribution >= 0.6 is 24.0 Å². The molecule has 2 heterocycles. The van der Waals surface area contributed by atoms with Crippen LogP contribution in [0.3, 0.4) is 0 Å². The number of nitrogens with zero attached hydrogens (tertiary/aromatic N) is 3. The number of aromatic nitrogens is 2. The summed E-state index contributed by atoms with van der Waals surface area (Å²) in [5.74, 6) is 0.152. The lowest BCUT2D eigenvalue weighted by molar-refractivity contribution is -0.122. The molecule has 39 heavy (non-hydrogen) atoms. The van der Waals surface area contributed by atoms with Crippen LogP contribution in [0, 0.1) is 5.82 Å². The zero-order chi connectivity index (χ0) is 27.2. The molecule has 198 valence electrons. The van der Waals surface area contributed by atoms with E-state index in [4.69, 9.17) is 26.8 Å². The molecular weight excluding hydrogens is 533 g/mol. The zero-order valence-electron chi connectivity index (χ0n) is 21.2. The van der Waals surface area contributed by atoms with Crippen LogP contribution in [0.4, 0.5) is 4.39 Å². The highest BCUT2D eigenvalue weighted by molar-refractivity contribution is 8.26. The highest BCUT2D eigenvalue weighted by Crippen LogP contribution is 2.35. The average Bonchev–Trinajstić information content (AvgIpc) is 3.49. The van der Waals surface area contributed by atoms with E-state index in [-0.39, 0.29) is 18.3 Å². The van der Waals surface area contributed by atoms with E-state index < -0.39 is 0 Å². The molecule has 0 bridgehead atoms. The second kappa shape index (κ2) is 12.4. The smallest absolute Gasteiger partial charge is 0.266 e. The molecule has 5 rings (SSSR count). The normalized spacial score (nSPS) is 14.4. The summed E-state index contributed by atoms with van der Waals surface area (Å²) in [6.07, 6.45) is 4.44. The van der Waals surface area contributed by atoms with Crippen LogP contribution in [-0.4, -0.2) is 45.2 Å². The number of halogens is 1. The first-order valence-corrected chi connectivity index (χ1v) is 13.6. The van der Waals surface area contributed by atoms with Crippen LogP contribution in [0.2, 0.25) is 0 Å². The van der Waals surface area contributed by atoms with Gasteiger partial charge in [0, 0.05) is 43.1 Å². The molecule has 3 aromatic carbocycles. The van der Waals surface area contributed by atoms with E-state index in [0.717, 1.165) is 16.8 Å². The van der Waals surface area contributed by atoms with Crippen molar-refractivity contribution >= 4 is 40.3 Å². The number of hydrogen-bond acceptors (Lipinski definition) is 6. The van der Waals surface area contributed by atoms with E-state index in [1.807, 2.05) is 66.9 Å². The maximum atomic E-state index is 14.1. The lowest BCUT2D eigenvalue weighted by atomic mass is 10.1. The lowest BCUT2D eigenvalue weighted by Crippen LogP contribution is -2.29. The van der Waals surface area contributed by atoms with E-state index in [1.54, 1.807) is 34.9 Å². The Balaban J connectivity index is 1.47. The number of hydrogen-bond donors (Lipinski definition) is 0. The Labute approximate surface area is 236 Å². The summed E-state index contributed by atoms with van der Waals surface area (Å²) in [5.41, 5.74) is 3.61. The standard InChI is InChI=1S/C30H26FN3O3S2/c1-36-16-8-15-33-29(35)27(39-30(33)38)18-23-19-34(24-11-3-2-4-12-24)32-28(23)21-10-7-13-25(17-21)37-20-22-9-5-6-14-26(22)31/h2-7,9-14,17-19H,8,15-16,20H2,1H3/b27-18-. The van der Waals surface area contributed by atoms with Gasteiger partial charge < -0.3 is 9.47 Å². The van der Waals surface area contributed by atoms with E-state index in [2.05, 4.69) is 0 Å². The van der Waals surface area contributed by atoms with Gasteiger partial charge in [0.15, 0.2) is 0 Å². The number of carbonyl (C=O) groups excluding carboxylic acids is 1. The third-order valence-corrected chi connectivity index (χ3v) is 7.49. The summed E-state index contributed by atoms with van der Waals surface area (Å²) in [6, 6.07) is 23.8. The molecular formula is C30H26FN3O3S2. The summed E-state index contributed by atoms with van der Waals surface area (Å²) < 4.78 is 27.4. The Kier molecular flexibility index (Phi) is 8.51. The van der Waals surface area contributed by atoms with Gasteiger partial charge in [0.05, 0.1) is 10.6 Å². The van der Waals surface area contributed by atoms with Crippen LogP contribution < -0.4 is 4.74 Å². The van der Waals surface area contributed by atoms with Crippen molar-refractivity contribution in [3.8, 4) is 22.7 Å². The van der Waals surface area contributed by atoms with Gasteiger partial charge >= 0.3 is 0 Å². The summed E-state index contributed by atoms with van der Waals surface area (Å²) in [5, 5.41) is 4.86. The molecule has 6 nitrogen and oxygen atoms in total. The van der Waals surface area contributed by atoms with Gasteiger partial charge in [0.25, 0.3) is 5.91 Å². The number of para-hydroxylation sites is 1. The molecule has 0 N–H and O–H groups in total. The lowest BCUT2D eigenvalue weighted by Gasteiger charge is -2.13. The topological polar surface area (TPSA) is 56.6 Å². The van der Waals surface area contributed by atoms with Crippen molar-refractivity contribution in [2.75, 3.05) is 20.3 Å². The number of thioether (sulfide) groups is 1. The van der Waals surface area contributed by atoms with Crippen molar-refractivity contribution in [1.29, 1.82) is 0 Å². The summed E-state index contributed by atoms with van der Waals surface area (Å²) >= 11 is 6.77. The number of ether oxygens (including phenoxy) is 2. The number of benzene rings is 3. The molecule has 0 spiro atoms. The molecule has 1 aromatic heterocycles. The number of thiocarbonyl (C=S) groups is 1. The van der Waals surface area contributed by atoms with E-state index in [1.165, 1.54) is 17.8 Å². The largest absolute Gasteiger partial charge is 0.489 e. The Morgan fingerprint density at radius 3 is 2.64 bits per heavy atom. The highest BCUT2D eigenvalue weighted by atomic mass is 32.2. The quantitative estimate of drug-likeness (QED) is 0.126. The second-order valence-corrected chi connectivity index (χ2v) is 10.5. The summed E-state index contributed by atoms with van der Waals surface area (Å²) in [4.78, 5) is 15.3. The van der Waals surface area contributed by atoms with Crippen molar-refractivity contribution in [3.05, 3.63) is 107 Å². The Morgan fingerprint density at radius 1 is 1.05 bits per heavy atom. The van der Waals surface area contributed by atoms with Crippen LogP contribution in [0.1, 0.15) is 17.5 Å². The predicted molar refractivity (Wildman–Crippen MR) is 156 cm³/mol. The minimum absolute atomic E-state index is 0.104. The Morgan fingerprint density at radius 2 is 1.85 bits per heavy atom. The van der Waals surface area contributed by atoms with E-state index in [9.17, 15) is 9.18 Å². The van der Waals surface area contributed by atoms with Crippen molar-refractivity contribution < 1.29 is 18.7 Å². The molecule has 0 saturated carbocycles. The third-order valence-electron chi connectivity index (χ3n) is 6.11. The second-order valence-electron chi connectivity index (χ2n) is 8.80. The van der Waals surface area contributed by atoms with Crippen molar-refractivity contribution in [3.63, 3.8) is 0 Å². The van der Waals surface area contributed by atoms with E-state index >= 15 is 0 Å². The molecule has 4 aromatic rings. The zero-order valence-corrected chi connectivity index (χ0v) is 22.9. The summed E-state index contributed by atoms with van der Waals surface area (Å²) in [6.45, 7) is 1.17. The minimum Gasteiger partial charge on any atom is -0.489 e. The van der Waals surface area contributed by atoms with Gasteiger partial charge in [-0.1, -0.05) is 72.5 Å². The molecule has 0 unspecified atom stereocenters. The van der Waals surface area contributed by atoms with Gasteiger partial charge in [-0.15, -0.1) is 0 Å². The number of amides is 1. The Bertz CT molecular complexity index is 1520. The first-order valence-electron chi connectivity index (χ1n) is 12.4. The van der Waals surface area contributed by atoms with Gasteiger partial charge in [-0.25, -0.2) is 9.07 Å². The van der Waals surface area contributed by atoms with Gasteiger partial charge in [0.2, 0.25) is 0 Å². The third kappa shape index (κ3) is 6.27. The molecule has 0 radical (unpaired) electrons. The van der Waals surface area contributed by atoms with E-state index in [0.29, 0.717) is 45.8 Å². The summed E-state index contributed by atoms with van der Waals surface area (Å²) in [7, 11) is 1.64. The minimum atomic E-state index is -0.308. The van der Waals surface area contributed by atoms with Crippen molar-refractivity contribution in [1.82, 2.24) is 14.7 Å². The molecule has 1 aliphatic heterocycles. The molecule has 1 fully saturated rings. The molecule has 1 amide bonds. The maximum absolute atomic E-state index is 14.1. The van der Waals surface area contributed by atoms with Gasteiger partial charge in [-0.2, -0.15) is 5.10 Å². The molecule has 1 saturated heterocycles. The fraction of sp³-hybridized carbons (Fsp3) is 0.167. The molecule has 0 aliphatic carbocycles. The first kappa shape index (κ1) is 26.8. The Hall–Kier alpha value is -3.79. The number of carbonyl (C=O) groups is 1. The van der Waals surface area contributed by atoms with Crippen LogP contribution in [0.15, 0.2) is 90.0 Å². The highest BCUT2D eigenvalue weighted by Gasteiger charge is 2.32. The predicted octanol–water partition coefficient (Wildman–Crippen LogP) is 6.50. The monoisotopic (exact) mass is 559 g/mol. The van der Waals surface area contributed by atoms with Crippen LogP contribution in [0.5, 0.6) is 5.75 Å². The average molecular weight is 560 g/mol. The molecule has 0 atom stereocenters. The van der Waals surface area contributed by atoms with Crippen molar-refractivity contribution in [2.45, 2.75) is 13.0 Å². The first-order chi connectivity index (χ1) is 19.0.